The Bertz CT molecular complexity index is 243. The van der Waals surface area contributed by atoms with Gasteiger partial charge in [0.25, 0.3) is 0 Å². The number of likely N-dealkylation sites (N-methyl/N-ethyl adjacent to an activating group) is 1. The maximum Gasteiger partial charge on any atom is 0.0593 e. The highest BCUT2D eigenvalue weighted by Gasteiger charge is 2.27. The van der Waals surface area contributed by atoms with Gasteiger partial charge in [0.2, 0.25) is 0 Å². The van der Waals surface area contributed by atoms with Crippen molar-refractivity contribution in [2.24, 2.45) is 11.8 Å². The zero-order chi connectivity index (χ0) is 13.5. The normalized spacial score (nSPS) is 27.3. The summed E-state index contributed by atoms with van der Waals surface area (Å²) in [6.45, 7) is 7.65. The van der Waals surface area contributed by atoms with Gasteiger partial charge in [0.15, 0.2) is 0 Å². The second kappa shape index (κ2) is 8.23. The first-order chi connectivity index (χ1) is 9.29. The molecule has 2 aliphatic carbocycles. The number of ether oxygens (including phenoxy) is 1. The van der Waals surface area contributed by atoms with Crippen LogP contribution in [-0.4, -0.2) is 50.8 Å². The SMILES string of the molecule is CCCNC1CCCC1CN(C)CCOCC1CC1. The summed E-state index contributed by atoms with van der Waals surface area (Å²) >= 11 is 0. The van der Waals surface area contributed by atoms with E-state index in [4.69, 9.17) is 4.74 Å². The Hall–Kier alpha value is -0.120. The second-order valence-electron chi connectivity index (χ2n) is 6.53. The smallest absolute Gasteiger partial charge is 0.0593 e. The Morgan fingerprint density at radius 1 is 1.21 bits per heavy atom. The number of rotatable bonds is 10. The van der Waals surface area contributed by atoms with E-state index in [1.165, 1.54) is 51.6 Å². The first-order valence-electron chi connectivity index (χ1n) is 8.29. The summed E-state index contributed by atoms with van der Waals surface area (Å²) in [6.07, 6.45) is 8.20. The molecule has 3 heteroatoms. The van der Waals surface area contributed by atoms with E-state index < -0.39 is 0 Å². The molecule has 0 heterocycles. The fraction of sp³-hybridized carbons (Fsp3) is 1.00. The minimum absolute atomic E-state index is 0.759. The van der Waals surface area contributed by atoms with E-state index in [1.54, 1.807) is 0 Å². The molecule has 2 aliphatic rings. The van der Waals surface area contributed by atoms with Crippen molar-refractivity contribution in [3.63, 3.8) is 0 Å². The van der Waals surface area contributed by atoms with E-state index in [9.17, 15) is 0 Å². The van der Waals surface area contributed by atoms with Gasteiger partial charge in [-0.1, -0.05) is 13.3 Å². The number of hydrogen-bond acceptors (Lipinski definition) is 3. The van der Waals surface area contributed by atoms with Gasteiger partial charge < -0.3 is 15.0 Å². The van der Waals surface area contributed by atoms with E-state index in [2.05, 4.69) is 24.2 Å². The van der Waals surface area contributed by atoms with Crippen LogP contribution in [0.5, 0.6) is 0 Å². The number of nitrogens with zero attached hydrogens (tertiary/aromatic N) is 1. The summed E-state index contributed by atoms with van der Waals surface area (Å²) in [5, 5.41) is 3.72. The predicted molar refractivity (Wildman–Crippen MR) is 80.5 cm³/mol. The van der Waals surface area contributed by atoms with Crippen molar-refractivity contribution in [2.45, 2.75) is 51.5 Å². The Morgan fingerprint density at radius 2 is 2.05 bits per heavy atom. The molecule has 0 aromatic carbocycles. The van der Waals surface area contributed by atoms with Gasteiger partial charge in [-0.2, -0.15) is 0 Å². The van der Waals surface area contributed by atoms with Crippen LogP contribution in [0, 0.1) is 11.8 Å². The number of nitrogens with one attached hydrogen (secondary N) is 1. The first-order valence-corrected chi connectivity index (χ1v) is 8.29. The van der Waals surface area contributed by atoms with Crippen LogP contribution in [0.25, 0.3) is 0 Å². The van der Waals surface area contributed by atoms with Crippen molar-refractivity contribution < 1.29 is 4.74 Å². The Balaban J connectivity index is 1.55. The molecule has 2 rings (SSSR count). The molecule has 0 aromatic rings. The summed E-state index contributed by atoms with van der Waals surface area (Å²) in [4.78, 5) is 2.46. The molecule has 2 fully saturated rings. The van der Waals surface area contributed by atoms with Gasteiger partial charge in [0.05, 0.1) is 6.61 Å². The molecule has 2 atom stereocenters. The molecule has 2 saturated carbocycles. The minimum atomic E-state index is 0.759. The van der Waals surface area contributed by atoms with E-state index in [1.807, 2.05) is 0 Å². The molecule has 112 valence electrons. The molecule has 0 bridgehead atoms. The van der Waals surface area contributed by atoms with Gasteiger partial charge in [-0.15, -0.1) is 0 Å². The average Bonchev–Trinajstić information content (AvgIpc) is 3.13. The zero-order valence-corrected chi connectivity index (χ0v) is 12.9. The third kappa shape index (κ3) is 5.80. The van der Waals surface area contributed by atoms with Crippen LogP contribution in [0.15, 0.2) is 0 Å². The van der Waals surface area contributed by atoms with Gasteiger partial charge in [0.1, 0.15) is 0 Å². The standard InChI is InChI=1S/C16H32N2O/c1-3-9-17-16-6-4-5-15(16)12-18(2)10-11-19-13-14-7-8-14/h14-17H,3-13H2,1-2H3. The first kappa shape index (κ1) is 15.3. The maximum atomic E-state index is 5.73. The van der Waals surface area contributed by atoms with Crippen LogP contribution >= 0.6 is 0 Å². The van der Waals surface area contributed by atoms with Crippen LogP contribution in [0.3, 0.4) is 0 Å². The maximum absolute atomic E-state index is 5.73. The molecule has 0 aliphatic heterocycles. The zero-order valence-electron chi connectivity index (χ0n) is 12.9. The minimum Gasteiger partial charge on any atom is -0.380 e. The molecule has 0 aromatic heterocycles. The average molecular weight is 268 g/mol. The molecule has 0 saturated heterocycles. The molecular formula is C16H32N2O. The third-order valence-electron chi connectivity index (χ3n) is 4.53. The summed E-state index contributed by atoms with van der Waals surface area (Å²) < 4.78 is 5.73. The van der Waals surface area contributed by atoms with Crippen LogP contribution in [0.1, 0.15) is 45.4 Å². The van der Waals surface area contributed by atoms with Crippen LogP contribution < -0.4 is 5.32 Å². The summed E-state index contributed by atoms with van der Waals surface area (Å²) in [5.74, 6) is 1.74. The van der Waals surface area contributed by atoms with Crippen molar-refractivity contribution in [1.29, 1.82) is 0 Å². The lowest BCUT2D eigenvalue weighted by Crippen LogP contribution is -2.39. The topological polar surface area (TPSA) is 24.5 Å². The molecule has 0 spiro atoms. The summed E-state index contributed by atoms with van der Waals surface area (Å²) in [5.41, 5.74) is 0. The molecule has 0 radical (unpaired) electrons. The highest BCUT2D eigenvalue weighted by molar-refractivity contribution is 4.84. The molecule has 3 nitrogen and oxygen atoms in total. The van der Waals surface area contributed by atoms with E-state index in [0.29, 0.717) is 0 Å². The second-order valence-corrected chi connectivity index (χ2v) is 6.53. The largest absolute Gasteiger partial charge is 0.380 e. The number of hydrogen-bond donors (Lipinski definition) is 1. The monoisotopic (exact) mass is 268 g/mol. The van der Waals surface area contributed by atoms with E-state index in [-0.39, 0.29) is 0 Å². The summed E-state index contributed by atoms with van der Waals surface area (Å²) in [6, 6.07) is 0.759. The van der Waals surface area contributed by atoms with Crippen LogP contribution in [0.4, 0.5) is 0 Å². The van der Waals surface area contributed by atoms with Gasteiger partial charge in [-0.05, 0) is 57.5 Å². The van der Waals surface area contributed by atoms with Crippen molar-refractivity contribution in [3.8, 4) is 0 Å². The van der Waals surface area contributed by atoms with Crippen molar-refractivity contribution >= 4 is 0 Å². The Labute approximate surface area is 119 Å². The molecule has 2 unspecified atom stereocenters. The molecule has 0 amide bonds. The van der Waals surface area contributed by atoms with E-state index >= 15 is 0 Å². The third-order valence-corrected chi connectivity index (χ3v) is 4.53. The van der Waals surface area contributed by atoms with Crippen molar-refractivity contribution in [2.75, 3.05) is 39.9 Å². The lowest BCUT2D eigenvalue weighted by atomic mass is 10.0. The van der Waals surface area contributed by atoms with Gasteiger partial charge in [0, 0.05) is 25.7 Å². The lowest BCUT2D eigenvalue weighted by molar-refractivity contribution is 0.0978. The van der Waals surface area contributed by atoms with Gasteiger partial charge in [-0.25, -0.2) is 0 Å². The fourth-order valence-corrected chi connectivity index (χ4v) is 3.10. The molecular weight excluding hydrogens is 236 g/mol. The van der Waals surface area contributed by atoms with Gasteiger partial charge >= 0.3 is 0 Å². The van der Waals surface area contributed by atoms with Crippen LogP contribution in [-0.2, 0) is 4.74 Å². The quantitative estimate of drug-likeness (QED) is 0.616. The summed E-state index contributed by atoms with van der Waals surface area (Å²) in [7, 11) is 2.25. The fourth-order valence-electron chi connectivity index (χ4n) is 3.10. The van der Waals surface area contributed by atoms with Crippen molar-refractivity contribution in [1.82, 2.24) is 10.2 Å². The van der Waals surface area contributed by atoms with Crippen molar-refractivity contribution in [3.05, 3.63) is 0 Å². The highest BCUT2D eigenvalue weighted by atomic mass is 16.5. The molecule has 1 N–H and O–H groups in total. The van der Waals surface area contributed by atoms with Gasteiger partial charge in [-0.3, -0.25) is 0 Å². The Morgan fingerprint density at radius 3 is 2.79 bits per heavy atom. The van der Waals surface area contributed by atoms with Crippen LogP contribution in [0.2, 0.25) is 0 Å². The Kier molecular flexibility index (Phi) is 6.62. The highest BCUT2D eigenvalue weighted by Crippen LogP contribution is 2.29. The molecule has 19 heavy (non-hydrogen) atoms. The predicted octanol–water partition coefficient (Wildman–Crippen LogP) is 2.51. The van der Waals surface area contributed by atoms with E-state index in [0.717, 1.165) is 37.6 Å². The lowest BCUT2D eigenvalue weighted by Gasteiger charge is -2.26.